The van der Waals surface area contributed by atoms with Crippen LogP contribution >= 0.6 is 11.6 Å². The van der Waals surface area contributed by atoms with Gasteiger partial charge in [0.1, 0.15) is 0 Å². The molecule has 0 amide bonds. The molecule has 0 N–H and O–H groups in total. The van der Waals surface area contributed by atoms with Crippen molar-refractivity contribution in [3.05, 3.63) is 0 Å². The van der Waals surface area contributed by atoms with Crippen LogP contribution in [0.4, 0.5) is 0 Å². The van der Waals surface area contributed by atoms with Gasteiger partial charge >= 0.3 is 0 Å². The fourth-order valence-corrected chi connectivity index (χ4v) is 1.34. The highest BCUT2D eigenvalue weighted by Gasteiger charge is 2.25. The van der Waals surface area contributed by atoms with Crippen molar-refractivity contribution in [1.82, 2.24) is 4.90 Å². The van der Waals surface area contributed by atoms with Crippen molar-refractivity contribution >= 4 is 11.6 Å². The van der Waals surface area contributed by atoms with E-state index in [9.17, 15) is 0 Å². The predicted molar refractivity (Wildman–Crippen MR) is 45.6 cm³/mol. The molecule has 0 atom stereocenters. The lowest BCUT2D eigenvalue weighted by atomic mass is 10.3. The smallest absolute Gasteiger partial charge is 0.0223 e. The second-order valence-corrected chi connectivity index (χ2v) is 3.49. The third-order valence-electron chi connectivity index (χ3n) is 2.06. The Labute approximate surface area is 68.4 Å². The molecule has 60 valence electrons. The molecule has 2 heteroatoms. The molecule has 1 aliphatic rings. The zero-order valence-electron chi connectivity index (χ0n) is 6.65. The second kappa shape index (κ2) is 4.20. The Kier molecular flexibility index (Phi) is 3.50. The van der Waals surface area contributed by atoms with Gasteiger partial charge in [-0.2, -0.15) is 0 Å². The average molecular weight is 162 g/mol. The Morgan fingerprint density at radius 1 is 1.40 bits per heavy atom. The maximum atomic E-state index is 5.56. The maximum Gasteiger partial charge on any atom is 0.0223 e. The van der Waals surface area contributed by atoms with Crippen LogP contribution in [-0.2, 0) is 0 Å². The van der Waals surface area contributed by atoms with E-state index in [0.29, 0.717) is 0 Å². The Hall–Kier alpha value is 0.250. The molecule has 1 aliphatic carbocycles. The summed E-state index contributed by atoms with van der Waals surface area (Å²) in [4.78, 5) is 2.45. The summed E-state index contributed by atoms with van der Waals surface area (Å²) in [5.41, 5.74) is 0. The van der Waals surface area contributed by atoms with Crippen molar-refractivity contribution in [3.8, 4) is 0 Å². The summed E-state index contributed by atoms with van der Waals surface area (Å²) in [6, 6.07) is 0.912. The van der Waals surface area contributed by atoms with Gasteiger partial charge in [-0.05, 0) is 39.3 Å². The van der Waals surface area contributed by atoms with E-state index in [1.807, 2.05) is 0 Å². The Morgan fingerprint density at radius 3 is 2.60 bits per heavy atom. The van der Waals surface area contributed by atoms with Gasteiger partial charge in [-0.1, -0.05) is 0 Å². The summed E-state index contributed by atoms with van der Waals surface area (Å²) in [6.07, 6.45) is 5.25. The van der Waals surface area contributed by atoms with E-state index in [4.69, 9.17) is 11.6 Å². The Morgan fingerprint density at radius 2 is 2.10 bits per heavy atom. The van der Waals surface area contributed by atoms with Gasteiger partial charge in [0.05, 0.1) is 0 Å². The summed E-state index contributed by atoms with van der Waals surface area (Å²) in [5, 5.41) is 0. The molecule has 0 bridgehead atoms. The molecule has 0 aromatic rings. The van der Waals surface area contributed by atoms with Gasteiger partial charge in [0.2, 0.25) is 0 Å². The standard InChI is InChI=1S/C8H16ClN/c1-10(8-4-5-8)7-3-2-6-9/h8H,2-7H2,1H3. The molecule has 1 nitrogen and oxygen atoms in total. The molecule has 10 heavy (non-hydrogen) atoms. The summed E-state index contributed by atoms with van der Waals surface area (Å²) >= 11 is 5.56. The number of alkyl halides is 1. The van der Waals surface area contributed by atoms with E-state index < -0.39 is 0 Å². The van der Waals surface area contributed by atoms with Crippen LogP contribution in [0.2, 0.25) is 0 Å². The van der Waals surface area contributed by atoms with E-state index in [2.05, 4.69) is 11.9 Å². The SMILES string of the molecule is CN(CCCCCl)C1CC1. The quantitative estimate of drug-likeness (QED) is 0.441. The topological polar surface area (TPSA) is 3.24 Å². The number of unbranched alkanes of at least 4 members (excludes halogenated alkanes) is 1. The molecular formula is C8H16ClN. The van der Waals surface area contributed by atoms with Crippen LogP contribution in [0, 0.1) is 0 Å². The molecule has 0 heterocycles. The monoisotopic (exact) mass is 161 g/mol. The van der Waals surface area contributed by atoms with Crippen molar-refractivity contribution in [2.75, 3.05) is 19.5 Å². The third-order valence-corrected chi connectivity index (χ3v) is 2.33. The summed E-state index contributed by atoms with van der Waals surface area (Å²) < 4.78 is 0. The van der Waals surface area contributed by atoms with E-state index in [1.54, 1.807) is 0 Å². The molecule has 0 saturated heterocycles. The first-order valence-corrected chi connectivity index (χ1v) is 4.64. The average Bonchev–Trinajstić information content (AvgIpc) is 2.69. The highest BCUT2D eigenvalue weighted by Crippen LogP contribution is 2.25. The predicted octanol–water partition coefficient (Wildman–Crippen LogP) is 2.10. The van der Waals surface area contributed by atoms with Crippen molar-refractivity contribution in [2.45, 2.75) is 31.7 Å². The van der Waals surface area contributed by atoms with Gasteiger partial charge in [-0.15, -0.1) is 11.6 Å². The largest absolute Gasteiger partial charge is 0.303 e. The minimum absolute atomic E-state index is 0.818. The minimum Gasteiger partial charge on any atom is -0.303 e. The van der Waals surface area contributed by atoms with Gasteiger partial charge in [0, 0.05) is 11.9 Å². The molecule has 1 saturated carbocycles. The lowest BCUT2D eigenvalue weighted by Crippen LogP contribution is -2.21. The molecule has 1 fully saturated rings. The van der Waals surface area contributed by atoms with Gasteiger partial charge in [0.15, 0.2) is 0 Å². The van der Waals surface area contributed by atoms with E-state index in [-0.39, 0.29) is 0 Å². The van der Waals surface area contributed by atoms with Crippen molar-refractivity contribution in [3.63, 3.8) is 0 Å². The number of nitrogens with zero attached hydrogens (tertiary/aromatic N) is 1. The molecule has 0 radical (unpaired) electrons. The van der Waals surface area contributed by atoms with E-state index in [1.165, 1.54) is 32.2 Å². The number of rotatable bonds is 5. The normalized spacial score (nSPS) is 18.3. The van der Waals surface area contributed by atoms with Crippen LogP contribution < -0.4 is 0 Å². The number of halogens is 1. The Bertz CT molecular complexity index is 91.3. The van der Waals surface area contributed by atoms with E-state index in [0.717, 1.165) is 11.9 Å². The molecule has 1 rings (SSSR count). The van der Waals surface area contributed by atoms with E-state index >= 15 is 0 Å². The van der Waals surface area contributed by atoms with Gasteiger partial charge in [-0.25, -0.2) is 0 Å². The molecule has 0 aromatic carbocycles. The lowest BCUT2D eigenvalue weighted by Gasteiger charge is -2.14. The summed E-state index contributed by atoms with van der Waals surface area (Å²) in [6.45, 7) is 1.23. The summed E-state index contributed by atoms with van der Waals surface area (Å²) in [5.74, 6) is 0.818. The molecule has 0 spiro atoms. The molecular weight excluding hydrogens is 146 g/mol. The number of hydrogen-bond donors (Lipinski definition) is 0. The van der Waals surface area contributed by atoms with Crippen molar-refractivity contribution < 1.29 is 0 Å². The first-order chi connectivity index (χ1) is 4.84. The van der Waals surface area contributed by atoms with Crippen LogP contribution in [0.15, 0.2) is 0 Å². The fraction of sp³-hybridized carbons (Fsp3) is 1.00. The highest BCUT2D eigenvalue weighted by molar-refractivity contribution is 6.17. The summed E-state index contributed by atoms with van der Waals surface area (Å²) in [7, 11) is 2.21. The van der Waals surface area contributed by atoms with Crippen molar-refractivity contribution in [1.29, 1.82) is 0 Å². The number of hydrogen-bond acceptors (Lipinski definition) is 1. The second-order valence-electron chi connectivity index (χ2n) is 3.11. The van der Waals surface area contributed by atoms with Crippen LogP contribution in [-0.4, -0.2) is 30.4 Å². The molecule has 0 aromatic heterocycles. The van der Waals surface area contributed by atoms with Crippen LogP contribution in [0.25, 0.3) is 0 Å². The molecule has 0 unspecified atom stereocenters. The highest BCUT2D eigenvalue weighted by atomic mass is 35.5. The fourth-order valence-electron chi connectivity index (χ4n) is 1.15. The van der Waals surface area contributed by atoms with Gasteiger partial charge in [0.25, 0.3) is 0 Å². The Balaban J connectivity index is 1.90. The van der Waals surface area contributed by atoms with Crippen LogP contribution in [0.1, 0.15) is 25.7 Å². The third kappa shape index (κ3) is 2.89. The van der Waals surface area contributed by atoms with Gasteiger partial charge in [-0.3, -0.25) is 0 Å². The van der Waals surface area contributed by atoms with Gasteiger partial charge < -0.3 is 4.90 Å². The lowest BCUT2D eigenvalue weighted by molar-refractivity contribution is 0.318. The van der Waals surface area contributed by atoms with Crippen LogP contribution in [0.5, 0.6) is 0 Å². The van der Waals surface area contributed by atoms with Crippen LogP contribution in [0.3, 0.4) is 0 Å². The first-order valence-electron chi connectivity index (χ1n) is 4.11. The minimum atomic E-state index is 0.818. The molecule has 0 aliphatic heterocycles. The zero-order chi connectivity index (χ0) is 7.40. The zero-order valence-corrected chi connectivity index (χ0v) is 7.40. The maximum absolute atomic E-state index is 5.56. The van der Waals surface area contributed by atoms with Crippen molar-refractivity contribution in [2.24, 2.45) is 0 Å². The first kappa shape index (κ1) is 8.35.